The molecule has 2 N–H and O–H groups in total. The molecule has 19 heavy (non-hydrogen) atoms. The summed E-state index contributed by atoms with van der Waals surface area (Å²) in [6.07, 6.45) is 0. The van der Waals surface area contributed by atoms with E-state index in [0.29, 0.717) is 10.0 Å². The fourth-order valence-corrected chi connectivity index (χ4v) is 3.13. The Balaban J connectivity index is 2.48. The van der Waals surface area contributed by atoms with Gasteiger partial charge in [-0.15, -0.1) is 5.10 Å². The molecular formula is C13H15Cl2N3S. The molecule has 0 fully saturated rings. The van der Waals surface area contributed by atoms with E-state index in [1.807, 2.05) is 12.1 Å². The fourth-order valence-electron chi connectivity index (χ4n) is 1.82. The summed E-state index contributed by atoms with van der Waals surface area (Å²) in [4.78, 5) is 0.927. The second-order valence-corrected chi connectivity index (χ2v) is 6.93. The van der Waals surface area contributed by atoms with Gasteiger partial charge in [-0.05, 0) is 23.2 Å². The van der Waals surface area contributed by atoms with Gasteiger partial charge in [-0.25, -0.2) is 0 Å². The molecule has 0 spiro atoms. The average Bonchev–Trinajstić information content (AvgIpc) is 2.80. The van der Waals surface area contributed by atoms with Crippen molar-refractivity contribution in [2.24, 2.45) is 5.73 Å². The van der Waals surface area contributed by atoms with Gasteiger partial charge in [-0.1, -0.05) is 60.6 Å². The van der Waals surface area contributed by atoms with Crippen LogP contribution < -0.4 is 5.73 Å². The Labute approximate surface area is 126 Å². The lowest BCUT2D eigenvalue weighted by molar-refractivity contribution is 0.556. The van der Waals surface area contributed by atoms with Crippen LogP contribution in [0.4, 0.5) is 0 Å². The van der Waals surface area contributed by atoms with E-state index in [1.54, 1.807) is 6.07 Å². The number of nitrogens with zero attached hydrogens (tertiary/aromatic N) is 2. The molecular weight excluding hydrogens is 301 g/mol. The lowest BCUT2D eigenvalue weighted by atomic mass is 9.89. The second-order valence-electron chi connectivity index (χ2n) is 5.36. The van der Waals surface area contributed by atoms with Gasteiger partial charge in [-0.2, -0.15) is 0 Å². The van der Waals surface area contributed by atoms with Crippen molar-refractivity contribution in [2.45, 2.75) is 32.2 Å². The molecule has 102 valence electrons. The molecule has 1 aromatic carbocycles. The van der Waals surface area contributed by atoms with Crippen LogP contribution in [0, 0.1) is 0 Å². The first-order valence-electron chi connectivity index (χ1n) is 5.84. The van der Waals surface area contributed by atoms with Gasteiger partial charge in [0.25, 0.3) is 0 Å². The Morgan fingerprint density at radius 2 is 1.95 bits per heavy atom. The van der Waals surface area contributed by atoms with Gasteiger partial charge in [0.2, 0.25) is 0 Å². The summed E-state index contributed by atoms with van der Waals surface area (Å²) >= 11 is 13.6. The van der Waals surface area contributed by atoms with Crippen LogP contribution in [0.15, 0.2) is 18.2 Å². The third-order valence-corrected chi connectivity index (χ3v) is 4.46. The quantitative estimate of drug-likeness (QED) is 0.904. The highest BCUT2D eigenvalue weighted by Gasteiger charge is 2.27. The highest BCUT2D eigenvalue weighted by atomic mass is 35.5. The lowest BCUT2D eigenvalue weighted by Crippen LogP contribution is -2.20. The molecule has 0 bridgehead atoms. The van der Waals surface area contributed by atoms with Crippen LogP contribution in [-0.4, -0.2) is 9.59 Å². The van der Waals surface area contributed by atoms with E-state index in [9.17, 15) is 0 Å². The fraction of sp³-hybridized carbons (Fsp3) is 0.385. The number of benzene rings is 1. The number of nitrogens with two attached hydrogens (primary N) is 1. The zero-order chi connectivity index (χ0) is 14.2. The molecule has 2 aromatic rings. The molecule has 0 saturated heterocycles. The van der Waals surface area contributed by atoms with Gasteiger partial charge in [0.05, 0.1) is 26.7 Å². The molecule has 1 atom stereocenters. The van der Waals surface area contributed by atoms with Crippen LogP contribution in [0.25, 0.3) is 0 Å². The van der Waals surface area contributed by atoms with Crippen molar-refractivity contribution in [3.63, 3.8) is 0 Å². The normalized spacial score (nSPS) is 13.6. The van der Waals surface area contributed by atoms with Gasteiger partial charge in [-0.3, -0.25) is 0 Å². The molecule has 6 heteroatoms. The van der Waals surface area contributed by atoms with E-state index in [1.165, 1.54) is 11.5 Å². The maximum atomic E-state index is 6.32. The van der Waals surface area contributed by atoms with Gasteiger partial charge in [0.1, 0.15) is 0 Å². The average molecular weight is 316 g/mol. The van der Waals surface area contributed by atoms with E-state index in [2.05, 4.69) is 30.4 Å². The molecule has 0 aliphatic carbocycles. The highest BCUT2D eigenvalue weighted by molar-refractivity contribution is 7.05. The predicted octanol–water partition coefficient (Wildman–Crippen LogP) is 4.19. The van der Waals surface area contributed by atoms with Crippen LogP contribution in [0.2, 0.25) is 10.0 Å². The molecule has 0 saturated carbocycles. The smallest absolute Gasteiger partial charge is 0.0860 e. The van der Waals surface area contributed by atoms with Crippen LogP contribution in [-0.2, 0) is 5.41 Å². The topological polar surface area (TPSA) is 51.8 Å². The molecule has 0 radical (unpaired) electrons. The zero-order valence-electron chi connectivity index (χ0n) is 10.9. The third-order valence-electron chi connectivity index (χ3n) is 2.82. The van der Waals surface area contributed by atoms with Crippen molar-refractivity contribution < 1.29 is 0 Å². The molecule has 2 rings (SSSR count). The maximum Gasteiger partial charge on any atom is 0.0860 e. The van der Waals surface area contributed by atoms with E-state index in [-0.39, 0.29) is 11.5 Å². The van der Waals surface area contributed by atoms with E-state index in [0.717, 1.165) is 16.1 Å². The number of rotatable bonds is 2. The minimum Gasteiger partial charge on any atom is -0.319 e. The van der Waals surface area contributed by atoms with Crippen LogP contribution >= 0.6 is 34.7 Å². The lowest BCUT2D eigenvalue weighted by Gasteiger charge is -2.20. The molecule has 0 aliphatic rings. The minimum absolute atomic E-state index is 0.106. The maximum absolute atomic E-state index is 6.32. The summed E-state index contributed by atoms with van der Waals surface area (Å²) < 4.78 is 4.02. The first-order valence-corrected chi connectivity index (χ1v) is 7.37. The molecule has 0 aliphatic heterocycles. The Kier molecular flexibility index (Phi) is 4.16. The number of aromatic nitrogens is 2. The first-order chi connectivity index (χ1) is 8.82. The summed E-state index contributed by atoms with van der Waals surface area (Å²) in [6, 6.07) is 5.11. The standard InChI is InChI=1S/C13H15Cl2N3S/c1-13(2,3)12-11(19-18-17-12)10(16)7-5-4-6-8(14)9(7)15/h4-6,10H,16H2,1-3H3. The SMILES string of the molecule is CC(C)(C)c1nnsc1C(N)c1cccc(Cl)c1Cl. The van der Waals surface area contributed by atoms with Crippen molar-refractivity contribution >= 4 is 34.7 Å². The summed E-state index contributed by atoms with van der Waals surface area (Å²) in [5.41, 5.74) is 7.91. The van der Waals surface area contributed by atoms with Crippen molar-refractivity contribution in [3.05, 3.63) is 44.4 Å². The number of hydrogen-bond acceptors (Lipinski definition) is 4. The highest BCUT2D eigenvalue weighted by Crippen LogP contribution is 2.36. The molecule has 1 aromatic heterocycles. The Morgan fingerprint density at radius 1 is 1.26 bits per heavy atom. The van der Waals surface area contributed by atoms with E-state index >= 15 is 0 Å². The van der Waals surface area contributed by atoms with Crippen molar-refractivity contribution in [3.8, 4) is 0 Å². The Hall–Kier alpha value is -0.680. The van der Waals surface area contributed by atoms with Crippen LogP contribution in [0.3, 0.4) is 0 Å². The first kappa shape index (κ1) is 14.7. The van der Waals surface area contributed by atoms with Gasteiger partial charge < -0.3 is 5.73 Å². The third kappa shape index (κ3) is 2.92. The van der Waals surface area contributed by atoms with Crippen LogP contribution in [0.1, 0.15) is 42.9 Å². The van der Waals surface area contributed by atoms with Crippen molar-refractivity contribution in [2.75, 3.05) is 0 Å². The molecule has 1 heterocycles. The van der Waals surface area contributed by atoms with Crippen molar-refractivity contribution in [1.29, 1.82) is 0 Å². The van der Waals surface area contributed by atoms with Gasteiger partial charge in [0.15, 0.2) is 0 Å². The zero-order valence-corrected chi connectivity index (χ0v) is 13.3. The van der Waals surface area contributed by atoms with Crippen molar-refractivity contribution in [1.82, 2.24) is 9.59 Å². The minimum atomic E-state index is -0.361. The molecule has 3 nitrogen and oxygen atoms in total. The van der Waals surface area contributed by atoms with Gasteiger partial charge in [0, 0.05) is 5.41 Å². The van der Waals surface area contributed by atoms with Gasteiger partial charge >= 0.3 is 0 Å². The summed E-state index contributed by atoms with van der Waals surface area (Å²) in [6.45, 7) is 6.25. The van der Waals surface area contributed by atoms with E-state index in [4.69, 9.17) is 28.9 Å². The summed E-state index contributed by atoms with van der Waals surface area (Å²) in [5.74, 6) is 0. The Morgan fingerprint density at radius 3 is 2.58 bits per heavy atom. The van der Waals surface area contributed by atoms with Crippen LogP contribution in [0.5, 0.6) is 0 Å². The number of hydrogen-bond donors (Lipinski definition) is 1. The predicted molar refractivity (Wildman–Crippen MR) is 81.1 cm³/mol. The second kappa shape index (κ2) is 5.37. The molecule has 0 amide bonds. The number of halogens is 2. The largest absolute Gasteiger partial charge is 0.319 e. The summed E-state index contributed by atoms with van der Waals surface area (Å²) in [5, 5.41) is 5.19. The molecule has 1 unspecified atom stereocenters. The summed E-state index contributed by atoms with van der Waals surface area (Å²) in [7, 11) is 0. The monoisotopic (exact) mass is 315 g/mol. The Bertz CT molecular complexity index is 590. The van der Waals surface area contributed by atoms with E-state index < -0.39 is 0 Å².